The molecule has 0 saturated heterocycles. The van der Waals surface area contributed by atoms with Gasteiger partial charge in [0.25, 0.3) is 11.2 Å². The van der Waals surface area contributed by atoms with Crippen molar-refractivity contribution < 1.29 is 9.31 Å². The lowest BCUT2D eigenvalue weighted by Crippen LogP contribution is -2.12. The Bertz CT molecular complexity index is 986. The zero-order valence-electron chi connectivity index (χ0n) is 12.6. The fraction of sp³-hybridized carbons (Fsp3) is 0.125. The first-order valence-corrected chi connectivity index (χ1v) is 7.14. The summed E-state index contributed by atoms with van der Waals surface area (Å²) in [5, 5.41) is 14.4. The molecule has 24 heavy (non-hydrogen) atoms. The van der Waals surface area contributed by atoms with E-state index in [1.807, 2.05) is 0 Å². The molecule has 1 aromatic heterocycles. The van der Waals surface area contributed by atoms with E-state index in [0.29, 0.717) is 11.1 Å². The first kappa shape index (κ1) is 15.6. The highest BCUT2D eigenvalue weighted by atomic mass is 19.1. The lowest BCUT2D eigenvalue weighted by Gasteiger charge is -2.16. The number of rotatable bonds is 4. The summed E-state index contributed by atoms with van der Waals surface area (Å²) in [6, 6.07) is 8.25. The van der Waals surface area contributed by atoms with E-state index in [9.17, 15) is 19.3 Å². The Morgan fingerprint density at radius 2 is 2.08 bits per heavy atom. The van der Waals surface area contributed by atoms with Crippen LogP contribution in [0.15, 0.2) is 47.5 Å². The van der Waals surface area contributed by atoms with Gasteiger partial charge in [-0.2, -0.15) is 0 Å². The van der Waals surface area contributed by atoms with Gasteiger partial charge >= 0.3 is 0 Å². The van der Waals surface area contributed by atoms with E-state index in [1.165, 1.54) is 18.5 Å². The standard InChI is InChI=1S/C16H13FN4O3/c1-9(10-4-2-3-5-12(10)17)20-14-7-13-11(6-15(14)21(23)24)16(22)19-8-18-13/h2-9,20H,1H3,(H,18,19,22). The molecule has 0 amide bonds. The molecule has 3 rings (SSSR count). The Labute approximate surface area is 135 Å². The van der Waals surface area contributed by atoms with Crippen LogP contribution in [0.1, 0.15) is 18.5 Å². The average Bonchev–Trinajstić information content (AvgIpc) is 2.54. The number of anilines is 1. The number of hydrogen-bond donors (Lipinski definition) is 2. The van der Waals surface area contributed by atoms with Crippen molar-refractivity contribution >= 4 is 22.3 Å². The third-order valence-corrected chi connectivity index (χ3v) is 3.70. The van der Waals surface area contributed by atoms with Crippen LogP contribution in [-0.4, -0.2) is 14.9 Å². The molecule has 1 atom stereocenters. The Balaban J connectivity index is 2.08. The second-order valence-electron chi connectivity index (χ2n) is 5.26. The van der Waals surface area contributed by atoms with E-state index in [2.05, 4.69) is 15.3 Å². The van der Waals surface area contributed by atoms with E-state index < -0.39 is 22.3 Å². The van der Waals surface area contributed by atoms with E-state index in [-0.39, 0.29) is 16.8 Å². The number of H-pyrrole nitrogens is 1. The van der Waals surface area contributed by atoms with Gasteiger partial charge in [0.15, 0.2) is 0 Å². The smallest absolute Gasteiger partial charge is 0.293 e. The third-order valence-electron chi connectivity index (χ3n) is 3.70. The lowest BCUT2D eigenvalue weighted by atomic mass is 10.1. The van der Waals surface area contributed by atoms with Crippen molar-refractivity contribution in [2.75, 3.05) is 5.32 Å². The van der Waals surface area contributed by atoms with Crippen molar-refractivity contribution in [1.82, 2.24) is 9.97 Å². The van der Waals surface area contributed by atoms with Crippen molar-refractivity contribution in [3.63, 3.8) is 0 Å². The molecule has 7 nitrogen and oxygen atoms in total. The fourth-order valence-corrected chi connectivity index (χ4v) is 2.51. The molecule has 2 aromatic carbocycles. The average molecular weight is 328 g/mol. The van der Waals surface area contributed by atoms with Crippen molar-refractivity contribution in [2.24, 2.45) is 0 Å². The van der Waals surface area contributed by atoms with Crippen molar-refractivity contribution in [2.45, 2.75) is 13.0 Å². The van der Waals surface area contributed by atoms with Gasteiger partial charge in [0.1, 0.15) is 11.5 Å². The molecule has 0 fully saturated rings. The van der Waals surface area contributed by atoms with Gasteiger partial charge in [0.2, 0.25) is 0 Å². The number of hydrogen-bond acceptors (Lipinski definition) is 5. The number of nitro groups is 1. The molecule has 8 heteroatoms. The van der Waals surface area contributed by atoms with Crippen LogP contribution in [0.3, 0.4) is 0 Å². The van der Waals surface area contributed by atoms with Gasteiger partial charge in [0, 0.05) is 11.6 Å². The normalized spacial score (nSPS) is 12.1. The molecule has 122 valence electrons. The highest BCUT2D eigenvalue weighted by molar-refractivity contribution is 5.86. The predicted octanol–water partition coefficient (Wildman–Crippen LogP) is 3.14. The number of fused-ring (bicyclic) bond motifs is 1. The highest BCUT2D eigenvalue weighted by Crippen LogP contribution is 2.31. The summed E-state index contributed by atoms with van der Waals surface area (Å²) in [5.74, 6) is -0.407. The van der Waals surface area contributed by atoms with Gasteiger partial charge in [-0.25, -0.2) is 9.37 Å². The quantitative estimate of drug-likeness (QED) is 0.566. The molecule has 1 unspecified atom stereocenters. The molecular formula is C16H13FN4O3. The number of nitrogens with one attached hydrogen (secondary N) is 2. The van der Waals surface area contributed by atoms with Crippen LogP contribution in [0, 0.1) is 15.9 Å². The van der Waals surface area contributed by atoms with Crippen molar-refractivity contribution in [3.8, 4) is 0 Å². The van der Waals surface area contributed by atoms with Crippen LogP contribution < -0.4 is 10.9 Å². The maximum atomic E-state index is 13.9. The molecule has 0 radical (unpaired) electrons. The first-order chi connectivity index (χ1) is 11.5. The molecule has 3 aromatic rings. The van der Waals surface area contributed by atoms with E-state index >= 15 is 0 Å². The van der Waals surface area contributed by atoms with Gasteiger partial charge in [-0.3, -0.25) is 14.9 Å². The van der Waals surface area contributed by atoms with Crippen molar-refractivity contribution in [3.05, 3.63) is 74.6 Å². The molecule has 0 bridgehead atoms. The summed E-state index contributed by atoms with van der Waals surface area (Å²) in [6.07, 6.45) is 1.22. The number of halogens is 1. The Morgan fingerprint density at radius 1 is 1.33 bits per heavy atom. The van der Waals surface area contributed by atoms with Gasteiger partial charge in [-0.05, 0) is 19.1 Å². The van der Waals surface area contributed by atoms with Crippen LogP contribution >= 0.6 is 0 Å². The summed E-state index contributed by atoms with van der Waals surface area (Å²) in [7, 11) is 0. The summed E-state index contributed by atoms with van der Waals surface area (Å²) < 4.78 is 13.9. The highest BCUT2D eigenvalue weighted by Gasteiger charge is 2.20. The van der Waals surface area contributed by atoms with Crippen LogP contribution in [0.4, 0.5) is 15.8 Å². The van der Waals surface area contributed by atoms with Crippen LogP contribution in [0.5, 0.6) is 0 Å². The van der Waals surface area contributed by atoms with Crippen LogP contribution in [0.2, 0.25) is 0 Å². The summed E-state index contributed by atoms with van der Waals surface area (Å²) in [4.78, 5) is 28.9. The molecule has 0 spiro atoms. The second kappa shape index (κ2) is 6.07. The van der Waals surface area contributed by atoms with Crippen LogP contribution in [-0.2, 0) is 0 Å². The van der Waals surface area contributed by atoms with Gasteiger partial charge < -0.3 is 10.3 Å². The molecule has 1 heterocycles. The lowest BCUT2D eigenvalue weighted by molar-refractivity contribution is -0.383. The second-order valence-corrected chi connectivity index (χ2v) is 5.26. The zero-order chi connectivity index (χ0) is 17.3. The maximum absolute atomic E-state index is 13.9. The SMILES string of the molecule is CC(Nc1cc2nc[nH]c(=O)c2cc1[N+](=O)[O-])c1ccccc1F. The van der Waals surface area contributed by atoms with Gasteiger partial charge in [0.05, 0.1) is 28.2 Å². The first-order valence-electron chi connectivity index (χ1n) is 7.14. The Hall–Kier alpha value is -3.29. The largest absolute Gasteiger partial charge is 0.373 e. The number of nitro benzene ring substituents is 1. The summed E-state index contributed by atoms with van der Waals surface area (Å²) >= 11 is 0. The minimum absolute atomic E-state index is 0.119. The molecule has 0 saturated carbocycles. The monoisotopic (exact) mass is 328 g/mol. The van der Waals surface area contributed by atoms with Gasteiger partial charge in [-0.1, -0.05) is 18.2 Å². The third kappa shape index (κ3) is 2.81. The zero-order valence-corrected chi connectivity index (χ0v) is 12.6. The molecule has 0 aliphatic carbocycles. The minimum Gasteiger partial charge on any atom is -0.373 e. The van der Waals surface area contributed by atoms with Crippen molar-refractivity contribution in [1.29, 1.82) is 0 Å². The fourth-order valence-electron chi connectivity index (χ4n) is 2.51. The topological polar surface area (TPSA) is 101 Å². The molecule has 0 aliphatic heterocycles. The number of benzene rings is 2. The van der Waals surface area contributed by atoms with E-state index in [1.54, 1.807) is 25.1 Å². The maximum Gasteiger partial charge on any atom is 0.293 e. The van der Waals surface area contributed by atoms with E-state index in [0.717, 1.165) is 6.07 Å². The van der Waals surface area contributed by atoms with Crippen LogP contribution in [0.25, 0.3) is 10.9 Å². The molecular weight excluding hydrogens is 315 g/mol. The molecule has 2 N–H and O–H groups in total. The Kier molecular flexibility index (Phi) is 3.95. The number of aromatic nitrogens is 2. The predicted molar refractivity (Wildman–Crippen MR) is 87.5 cm³/mol. The Morgan fingerprint density at radius 3 is 2.79 bits per heavy atom. The number of aromatic amines is 1. The summed E-state index contributed by atoms with van der Waals surface area (Å²) in [5.41, 5.74) is 0.126. The minimum atomic E-state index is -0.595. The summed E-state index contributed by atoms with van der Waals surface area (Å²) in [6.45, 7) is 1.69. The molecule has 0 aliphatic rings. The number of nitrogens with zero attached hydrogens (tertiary/aromatic N) is 2. The van der Waals surface area contributed by atoms with E-state index in [4.69, 9.17) is 0 Å². The van der Waals surface area contributed by atoms with Gasteiger partial charge in [-0.15, -0.1) is 0 Å².